The van der Waals surface area contributed by atoms with Crippen LogP contribution in [0.4, 0.5) is 5.69 Å². The second-order valence-corrected chi connectivity index (χ2v) is 7.35. The molecule has 1 aromatic rings. The largest absolute Gasteiger partial charge is 0.482 e. The minimum absolute atomic E-state index is 0.129. The first-order chi connectivity index (χ1) is 13.6. The number of carbonyl (C=O) groups excluding carboxylic acids is 3. The van der Waals surface area contributed by atoms with Gasteiger partial charge in [0.05, 0.1) is 13.2 Å². The van der Waals surface area contributed by atoms with Gasteiger partial charge in [-0.1, -0.05) is 6.07 Å². The Hall–Kier alpha value is -2.65. The molecule has 0 spiro atoms. The van der Waals surface area contributed by atoms with Crippen LogP contribution < -0.4 is 9.64 Å². The van der Waals surface area contributed by atoms with Crippen molar-refractivity contribution < 1.29 is 38.4 Å². The summed E-state index contributed by atoms with van der Waals surface area (Å²) in [5, 5.41) is 10.3. The van der Waals surface area contributed by atoms with Gasteiger partial charge in [0.25, 0.3) is 5.91 Å². The highest BCUT2D eigenvalue weighted by Gasteiger charge is 2.41. The van der Waals surface area contributed by atoms with Gasteiger partial charge >= 0.3 is 11.9 Å². The SMILES string of the molecule is CCOC(=O)COc1cccc(N2CCO[C@H]([C@@H](O)C(=O)OC(C)(C)C)C2=O)c1. The Morgan fingerprint density at radius 1 is 1.34 bits per heavy atom. The highest BCUT2D eigenvalue weighted by atomic mass is 16.6. The molecule has 1 saturated heterocycles. The predicted octanol–water partition coefficient (Wildman–Crippen LogP) is 1.06. The van der Waals surface area contributed by atoms with Crippen molar-refractivity contribution in [3.63, 3.8) is 0 Å². The topological polar surface area (TPSA) is 112 Å². The van der Waals surface area contributed by atoms with Gasteiger partial charge in [0.1, 0.15) is 11.4 Å². The van der Waals surface area contributed by atoms with Crippen LogP contribution in [-0.4, -0.2) is 67.1 Å². The molecule has 0 bridgehead atoms. The second-order valence-electron chi connectivity index (χ2n) is 7.35. The third kappa shape index (κ3) is 6.43. The van der Waals surface area contributed by atoms with E-state index in [-0.39, 0.29) is 26.4 Å². The molecule has 9 heteroatoms. The van der Waals surface area contributed by atoms with E-state index in [0.717, 1.165) is 0 Å². The number of esters is 2. The molecule has 0 aromatic heterocycles. The molecular weight excluding hydrogens is 382 g/mol. The number of ether oxygens (including phenoxy) is 4. The van der Waals surface area contributed by atoms with E-state index >= 15 is 0 Å². The van der Waals surface area contributed by atoms with E-state index in [1.807, 2.05) is 0 Å². The highest BCUT2D eigenvalue weighted by molar-refractivity contribution is 6.00. The number of aliphatic hydroxyl groups is 1. The Morgan fingerprint density at radius 3 is 2.72 bits per heavy atom. The molecule has 0 unspecified atom stereocenters. The highest BCUT2D eigenvalue weighted by Crippen LogP contribution is 2.25. The van der Waals surface area contributed by atoms with Crippen molar-refractivity contribution in [1.82, 2.24) is 0 Å². The second kappa shape index (κ2) is 9.71. The molecule has 1 aliphatic rings. The van der Waals surface area contributed by atoms with Gasteiger partial charge in [-0.05, 0) is 39.8 Å². The van der Waals surface area contributed by atoms with E-state index < -0.39 is 35.7 Å². The van der Waals surface area contributed by atoms with Gasteiger partial charge in [-0.3, -0.25) is 4.79 Å². The van der Waals surface area contributed by atoms with E-state index in [0.29, 0.717) is 11.4 Å². The van der Waals surface area contributed by atoms with Gasteiger partial charge in [-0.25, -0.2) is 9.59 Å². The van der Waals surface area contributed by atoms with Crippen molar-refractivity contribution in [2.24, 2.45) is 0 Å². The number of hydrogen-bond donors (Lipinski definition) is 1. The number of hydrogen-bond acceptors (Lipinski definition) is 8. The molecule has 9 nitrogen and oxygen atoms in total. The summed E-state index contributed by atoms with van der Waals surface area (Å²) < 4.78 is 20.7. The van der Waals surface area contributed by atoms with Crippen molar-refractivity contribution in [3.8, 4) is 5.75 Å². The third-order valence-electron chi connectivity index (χ3n) is 3.85. The summed E-state index contributed by atoms with van der Waals surface area (Å²) >= 11 is 0. The molecule has 2 atom stereocenters. The fourth-order valence-electron chi connectivity index (χ4n) is 2.66. The van der Waals surface area contributed by atoms with Crippen LogP contribution in [-0.2, 0) is 28.6 Å². The molecule has 1 N–H and O–H groups in total. The molecule has 160 valence electrons. The molecule has 1 aliphatic heterocycles. The monoisotopic (exact) mass is 409 g/mol. The lowest BCUT2D eigenvalue weighted by molar-refractivity contribution is -0.177. The normalized spacial score (nSPS) is 18.2. The van der Waals surface area contributed by atoms with Crippen LogP contribution in [0.25, 0.3) is 0 Å². The van der Waals surface area contributed by atoms with Crippen LogP contribution in [0.3, 0.4) is 0 Å². The van der Waals surface area contributed by atoms with Crippen LogP contribution >= 0.6 is 0 Å². The number of benzene rings is 1. The molecule has 1 amide bonds. The quantitative estimate of drug-likeness (QED) is 0.666. The zero-order valence-corrected chi connectivity index (χ0v) is 17.0. The van der Waals surface area contributed by atoms with Crippen molar-refractivity contribution in [1.29, 1.82) is 0 Å². The van der Waals surface area contributed by atoms with E-state index in [4.69, 9.17) is 18.9 Å². The van der Waals surface area contributed by atoms with E-state index in [2.05, 4.69) is 0 Å². The first-order valence-corrected chi connectivity index (χ1v) is 9.34. The maximum absolute atomic E-state index is 12.8. The number of morpholine rings is 1. The summed E-state index contributed by atoms with van der Waals surface area (Å²) in [6.45, 7) is 7.05. The van der Waals surface area contributed by atoms with Gasteiger partial charge in [-0.15, -0.1) is 0 Å². The lowest BCUT2D eigenvalue weighted by atomic mass is 10.1. The summed E-state index contributed by atoms with van der Waals surface area (Å²) in [4.78, 5) is 37.8. The van der Waals surface area contributed by atoms with E-state index in [9.17, 15) is 19.5 Å². The number of anilines is 1. The summed E-state index contributed by atoms with van der Waals surface area (Å²) in [5.41, 5.74) is -0.318. The zero-order chi connectivity index (χ0) is 21.6. The Labute approximate surface area is 169 Å². The van der Waals surface area contributed by atoms with Gasteiger partial charge < -0.3 is 29.0 Å². The number of carbonyl (C=O) groups is 3. The first-order valence-electron chi connectivity index (χ1n) is 9.34. The summed E-state index contributed by atoms with van der Waals surface area (Å²) in [6, 6.07) is 6.56. The molecule has 1 aromatic carbocycles. The minimum Gasteiger partial charge on any atom is -0.482 e. The van der Waals surface area contributed by atoms with E-state index in [1.54, 1.807) is 52.0 Å². The zero-order valence-electron chi connectivity index (χ0n) is 17.0. The van der Waals surface area contributed by atoms with Crippen molar-refractivity contribution in [2.75, 3.05) is 31.3 Å². The Balaban J connectivity index is 2.09. The van der Waals surface area contributed by atoms with Crippen LogP contribution in [0, 0.1) is 0 Å². The van der Waals surface area contributed by atoms with Crippen LogP contribution in [0.15, 0.2) is 24.3 Å². The lowest BCUT2D eigenvalue weighted by Crippen LogP contribution is -2.55. The van der Waals surface area contributed by atoms with Crippen molar-refractivity contribution >= 4 is 23.5 Å². The number of rotatable bonds is 7. The van der Waals surface area contributed by atoms with Crippen molar-refractivity contribution in [2.45, 2.75) is 45.5 Å². The van der Waals surface area contributed by atoms with Crippen molar-refractivity contribution in [3.05, 3.63) is 24.3 Å². The summed E-state index contributed by atoms with van der Waals surface area (Å²) in [6.07, 6.45) is -3.12. The third-order valence-corrected chi connectivity index (χ3v) is 3.85. The summed E-state index contributed by atoms with van der Waals surface area (Å²) in [5.74, 6) is -1.62. The Morgan fingerprint density at radius 2 is 2.07 bits per heavy atom. The van der Waals surface area contributed by atoms with Crippen LogP contribution in [0.1, 0.15) is 27.7 Å². The Kier molecular flexibility index (Phi) is 7.58. The maximum Gasteiger partial charge on any atom is 0.344 e. The fourth-order valence-corrected chi connectivity index (χ4v) is 2.66. The molecule has 0 saturated carbocycles. The van der Waals surface area contributed by atoms with Gasteiger partial charge in [-0.2, -0.15) is 0 Å². The van der Waals surface area contributed by atoms with Gasteiger partial charge in [0, 0.05) is 18.3 Å². The average Bonchev–Trinajstić information content (AvgIpc) is 2.65. The fraction of sp³-hybridized carbons (Fsp3) is 0.550. The Bertz CT molecular complexity index is 742. The molecule has 1 heterocycles. The molecule has 0 radical (unpaired) electrons. The molecule has 29 heavy (non-hydrogen) atoms. The standard InChI is InChI=1S/C20H27NO8/c1-5-26-15(22)12-28-14-8-6-7-13(11-14)21-9-10-27-17(18(21)24)16(23)19(25)29-20(2,3)4/h6-8,11,16-17,23H,5,9-10,12H2,1-4H3/t16-,17-/m1/s1. The first kappa shape index (κ1) is 22.6. The number of nitrogens with zero attached hydrogens (tertiary/aromatic N) is 1. The maximum atomic E-state index is 12.8. The van der Waals surface area contributed by atoms with Gasteiger partial charge in [0.15, 0.2) is 18.8 Å². The van der Waals surface area contributed by atoms with E-state index in [1.165, 1.54) is 4.90 Å². The molecule has 0 aliphatic carbocycles. The number of amides is 1. The average molecular weight is 409 g/mol. The van der Waals surface area contributed by atoms with Gasteiger partial charge in [0.2, 0.25) is 0 Å². The lowest BCUT2D eigenvalue weighted by Gasteiger charge is -2.34. The van der Waals surface area contributed by atoms with Crippen LogP contribution in [0.2, 0.25) is 0 Å². The molecule has 2 rings (SSSR count). The number of aliphatic hydroxyl groups excluding tert-OH is 1. The minimum atomic E-state index is -1.74. The molecule has 1 fully saturated rings. The molecular formula is C20H27NO8. The predicted molar refractivity (Wildman–Crippen MR) is 103 cm³/mol. The smallest absolute Gasteiger partial charge is 0.344 e. The van der Waals surface area contributed by atoms with Crippen LogP contribution in [0.5, 0.6) is 5.75 Å². The summed E-state index contributed by atoms with van der Waals surface area (Å²) in [7, 11) is 0.